The topological polar surface area (TPSA) is 41.1 Å². The van der Waals surface area contributed by atoms with Gasteiger partial charge in [0.15, 0.2) is 0 Å². The SMILES string of the molecule is CCC(CC(=O)NCCC1CCCNC1)c1ccccc1.Cl. The van der Waals surface area contributed by atoms with E-state index in [4.69, 9.17) is 0 Å². The maximum Gasteiger partial charge on any atom is 0.220 e. The molecular weight excluding hydrogens is 296 g/mol. The number of hydrogen-bond donors (Lipinski definition) is 2. The van der Waals surface area contributed by atoms with Gasteiger partial charge in [-0.25, -0.2) is 0 Å². The minimum atomic E-state index is 0. The predicted molar refractivity (Wildman–Crippen MR) is 94.6 cm³/mol. The highest BCUT2D eigenvalue weighted by Gasteiger charge is 2.15. The third-order valence-corrected chi connectivity index (χ3v) is 4.47. The van der Waals surface area contributed by atoms with Crippen molar-refractivity contribution in [3.63, 3.8) is 0 Å². The van der Waals surface area contributed by atoms with Crippen molar-refractivity contribution in [2.45, 2.75) is 44.9 Å². The molecule has 2 rings (SSSR count). The Morgan fingerprint density at radius 2 is 2.14 bits per heavy atom. The highest BCUT2D eigenvalue weighted by atomic mass is 35.5. The Labute approximate surface area is 140 Å². The summed E-state index contributed by atoms with van der Waals surface area (Å²) in [5, 5.41) is 6.52. The van der Waals surface area contributed by atoms with Crippen molar-refractivity contribution >= 4 is 18.3 Å². The van der Waals surface area contributed by atoms with Gasteiger partial charge in [-0.1, -0.05) is 37.3 Å². The fraction of sp³-hybridized carbons (Fsp3) is 0.611. The van der Waals surface area contributed by atoms with Crippen LogP contribution in [0.5, 0.6) is 0 Å². The molecule has 1 fully saturated rings. The van der Waals surface area contributed by atoms with Crippen LogP contribution in [0.15, 0.2) is 30.3 Å². The molecule has 3 nitrogen and oxygen atoms in total. The van der Waals surface area contributed by atoms with Crippen molar-refractivity contribution in [3.8, 4) is 0 Å². The average molecular weight is 325 g/mol. The van der Waals surface area contributed by atoms with E-state index < -0.39 is 0 Å². The van der Waals surface area contributed by atoms with Crippen LogP contribution in [0.3, 0.4) is 0 Å². The summed E-state index contributed by atoms with van der Waals surface area (Å²) in [6.45, 7) is 5.23. The van der Waals surface area contributed by atoms with Crippen molar-refractivity contribution in [3.05, 3.63) is 35.9 Å². The van der Waals surface area contributed by atoms with Crippen molar-refractivity contribution in [1.29, 1.82) is 0 Å². The van der Waals surface area contributed by atoms with Crippen molar-refractivity contribution in [2.24, 2.45) is 5.92 Å². The van der Waals surface area contributed by atoms with Gasteiger partial charge in [0.1, 0.15) is 0 Å². The van der Waals surface area contributed by atoms with Gasteiger partial charge < -0.3 is 10.6 Å². The maximum absolute atomic E-state index is 12.1. The predicted octanol–water partition coefficient (Wildman–Crippen LogP) is 3.50. The average Bonchev–Trinajstić information content (AvgIpc) is 2.54. The van der Waals surface area contributed by atoms with E-state index in [1.54, 1.807) is 0 Å². The minimum Gasteiger partial charge on any atom is -0.356 e. The zero-order valence-corrected chi connectivity index (χ0v) is 14.3. The Morgan fingerprint density at radius 3 is 2.77 bits per heavy atom. The molecule has 1 saturated heterocycles. The second kappa shape index (κ2) is 10.6. The number of halogens is 1. The molecule has 0 saturated carbocycles. The highest BCUT2D eigenvalue weighted by molar-refractivity contribution is 5.85. The van der Waals surface area contributed by atoms with E-state index in [-0.39, 0.29) is 18.3 Å². The van der Waals surface area contributed by atoms with E-state index >= 15 is 0 Å². The quantitative estimate of drug-likeness (QED) is 0.806. The molecule has 0 spiro atoms. The summed E-state index contributed by atoms with van der Waals surface area (Å²) >= 11 is 0. The van der Waals surface area contributed by atoms with Crippen LogP contribution >= 0.6 is 12.4 Å². The summed E-state index contributed by atoms with van der Waals surface area (Å²) < 4.78 is 0. The van der Waals surface area contributed by atoms with Gasteiger partial charge in [-0.3, -0.25) is 4.79 Å². The largest absolute Gasteiger partial charge is 0.356 e. The van der Waals surface area contributed by atoms with Crippen molar-refractivity contribution in [2.75, 3.05) is 19.6 Å². The molecule has 0 aromatic heterocycles. The fourth-order valence-corrected chi connectivity index (χ4v) is 3.11. The van der Waals surface area contributed by atoms with Crippen LogP contribution in [0.25, 0.3) is 0 Å². The normalized spacial score (nSPS) is 19.0. The first-order valence-electron chi connectivity index (χ1n) is 8.32. The van der Waals surface area contributed by atoms with Crippen LogP contribution in [0, 0.1) is 5.92 Å². The number of nitrogens with one attached hydrogen (secondary N) is 2. The van der Waals surface area contributed by atoms with Gasteiger partial charge in [0.05, 0.1) is 0 Å². The van der Waals surface area contributed by atoms with Gasteiger partial charge in [-0.2, -0.15) is 0 Å². The smallest absolute Gasteiger partial charge is 0.220 e. The highest BCUT2D eigenvalue weighted by Crippen LogP contribution is 2.22. The van der Waals surface area contributed by atoms with E-state index in [1.807, 2.05) is 18.2 Å². The molecule has 2 N–H and O–H groups in total. The Hall–Kier alpha value is -1.06. The fourth-order valence-electron chi connectivity index (χ4n) is 3.11. The first kappa shape index (κ1) is 19.0. The molecule has 1 aliphatic heterocycles. The number of amides is 1. The standard InChI is InChI=1S/C18H28N2O.ClH/c1-2-16(17-8-4-3-5-9-17)13-18(21)20-12-10-15-7-6-11-19-14-15;/h3-5,8-9,15-16,19H,2,6-7,10-14H2,1H3,(H,20,21);1H. The molecule has 2 unspecified atom stereocenters. The first-order valence-corrected chi connectivity index (χ1v) is 8.32. The molecular formula is C18H29ClN2O. The molecule has 22 heavy (non-hydrogen) atoms. The van der Waals surface area contributed by atoms with Crippen LogP contribution in [0.4, 0.5) is 0 Å². The number of benzene rings is 1. The van der Waals surface area contributed by atoms with E-state index in [1.165, 1.54) is 18.4 Å². The number of hydrogen-bond acceptors (Lipinski definition) is 2. The summed E-state index contributed by atoms with van der Waals surface area (Å²) in [6, 6.07) is 10.4. The molecule has 0 bridgehead atoms. The van der Waals surface area contributed by atoms with Crippen molar-refractivity contribution in [1.82, 2.24) is 10.6 Å². The lowest BCUT2D eigenvalue weighted by Gasteiger charge is -2.23. The maximum atomic E-state index is 12.1. The lowest BCUT2D eigenvalue weighted by molar-refractivity contribution is -0.121. The van der Waals surface area contributed by atoms with E-state index in [2.05, 4.69) is 29.7 Å². The Morgan fingerprint density at radius 1 is 1.36 bits per heavy atom. The molecule has 1 aromatic carbocycles. The second-order valence-electron chi connectivity index (χ2n) is 6.07. The molecule has 4 heteroatoms. The van der Waals surface area contributed by atoms with Gasteiger partial charge in [0.2, 0.25) is 5.91 Å². The van der Waals surface area contributed by atoms with E-state index in [9.17, 15) is 4.79 Å². The number of carbonyl (C=O) groups is 1. The number of rotatable bonds is 7. The number of carbonyl (C=O) groups excluding carboxylic acids is 1. The molecule has 1 aliphatic rings. The molecule has 1 amide bonds. The molecule has 1 aromatic rings. The third kappa shape index (κ3) is 6.37. The van der Waals surface area contributed by atoms with Crippen LogP contribution < -0.4 is 10.6 Å². The van der Waals surface area contributed by atoms with E-state index in [0.29, 0.717) is 12.3 Å². The molecule has 124 valence electrons. The molecule has 1 heterocycles. The monoisotopic (exact) mass is 324 g/mol. The lowest BCUT2D eigenvalue weighted by atomic mass is 9.93. The summed E-state index contributed by atoms with van der Waals surface area (Å²) in [4.78, 5) is 12.1. The van der Waals surface area contributed by atoms with Crippen molar-refractivity contribution < 1.29 is 4.79 Å². The van der Waals surface area contributed by atoms with E-state index in [0.717, 1.165) is 38.4 Å². The zero-order chi connectivity index (χ0) is 14.9. The minimum absolute atomic E-state index is 0. The number of piperidine rings is 1. The second-order valence-corrected chi connectivity index (χ2v) is 6.07. The first-order chi connectivity index (χ1) is 10.3. The van der Waals surface area contributed by atoms with Crippen LogP contribution in [0.2, 0.25) is 0 Å². The summed E-state index contributed by atoms with van der Waals surface area (Å²) in [5.74, 6) is 1.26. The molecule has 2 atom stereocenters. The van der Waals surface area contributed by atoms with Gasteiger partial charge in [0.25, 0.3) is 0 Å². The van der Waals surface area contributed by atoms with Gasteiger partial charge in [-0.15, -0.1) is 12.4 Å². The Kier molecular flexibility index (Phi) is 9.17. The Bertz CT molecular complexity index is 418. The summed E-state index contributed by atoms with van der Waals surface area (Å²) in [5.41, 5.74) is 1.27. The lowest BCUT2D eigenvalue weighted by Crippen LogP contribution is -2.33. The van der Waals surface area contributed by atoms with Crippen LogP contribution in [0.1, 0.15) is 50.5 Å². The summed E-state index contributed by atoms with van der Waals surface area (Å²) in [7, 11) is 0. The van der Waals surface area contributed by atoms with Gasteiger partial charge in [-0.05, 0) is 56.2 Å². The van der Waals surface area contributed by atoms with Crippen LogP contribution in [-0.4, -0.2) is 25.5 Å². The summed E-state index contributed by atoms with van der Waals surface area (Å²) in [6.07, 6.45) is 5.27. The third-order valence-electron chi connectivity index (χ3n) is 4.47. The van der Waals surface area contributed by atoms with Gasteiger partial charge >= 0.3 is 0 Å². The zero-order valence-electron chi connectivity index (χ0n) is 13.5. The molecule has 0 aliphatic carbocycles. The molecule has 0 radical (unpaired) electrons. The van der Waals surface area contributed by atoms with Gasteiger partial charge in [0, 0.05) is 13.0 Å². The van der Waals surface area contributed by atoms with Crippen LogP contribution in [-0.2, 0) is 4.79 Å². The Balaban J connectivity index is 0.00000242.